The van der Waals surface area contributed by atoms with Gasteiger partial charge in [0.2, 0.25) is 0 Å². The van der Waals surface area contributed by atoms with Gasteiger partial charge in [-0.3, -0.25) is 9.79 Å². The molecule has 15 heavy (non-hydrogen) atoms. The van der Waals surface area contributed by atoms with Crippen molar-refractivity contribution in [3.05, 3.63) is 29.8 Å². The summed E-state index contributed by atoms with van der Waals surface area (Å²) in [6.45, 7) is 0. The molecule has 2 nitrogen and oxygen atoms in total. The third-order valence-electron chi connectivity index (χ3n) is 3.33. The van der Waals surface area contributed by atoms with E-state index >= 15 is 0 Å². The first-order valence-electron chi connectivity index (χ1n) is 5.57. The largest absolute Gasteiger partial charge is 0.293 e. The van der Waals surface area contributed by atoms with Crippen LogP contribution >= 0.6 is 0 Å². The molecule has 0 bridgehead atoms. The van der Waals surface area contributed by atoms with Gasteiger partial charge in [-0.2, -0.15) is 0 Å². The van der Waals surface area contributed by atoms with E-state index < -0.39 is 0 Å². The van der Waals surface area contributed by atoms with Crippen molar-refractivity contribution in [2.45, 2.75) is 25.7 Å². The summed E-state index contributed by atoms with van der Waals surface area (Å²) >= 11 is 0. The van der Waals surface area contributed by atoms with Crippen molar-refractivity contribution in [2.24, 2.45) is 10.9 Å². The number of fused-ring (bicyclic) bond motifs is 2. The van der Waals surface area contributed by atoms with Crippen molar-refractivity contribution in [3.63, 3.8) is 0 Å². The molecule has 3 rings (SSSR count). The highest BCUT2D eigenvalue weighted by molar-refractivity contribution is 6.18. The number of benzene rings is 1. The number of ketones is 1. The highest BCUT2D eigenvalue weighted by atomic mass is 16.1. The van der Waals surface area contributed by atoms with E-state index in [1.54, 1.807) is 0 Å². The first-order valence-corrected chi connectivity index (χ1v) is 5.57. The van der Waals surface area contributed by atoms with Crippen LogP contribution in [0.25, 0.3) is 0 Å². The Bertz CT molecular complexity index is 448. The van der Waals surface area contributed by atoms with Crippen LogP contribution in [0.2, 0.25) is 0 Å². The average molecular weight is 199 g/mol. The van der Waals surface area contributed by atoms with Gasteiger partial charge in [0.25, 0.3) is 0 Å². The second kappa shape index (κ2) is 3.30. The van der Waals surface area contributed by atoms with Crippen molar-refractivity contribution in [2.75, 3.05) is 0 Å². The Morgan fingerprint density at radius 3 is 3.00 bits per heavy atom. The molecule has 76 valence electrons. The molecule has 0 saturated heterocycles. The fourth-order valence-electron chi connectivity index (χ4n) is 2.53. The fraction of sp³-hybridized carbons (Fsp3) is 0.385. The monoisotopic (exact) mass is 199 g/mol. The van der Waals surface area contributed by atoms with Crippen molar-refractivity contribution in [1.29, 1.82) is 0 Å². The molecule has 1 saturated carbocycles. The van der Waals surface area contributed by atoms with Gasteiger partial charge in [0.15, 0.2) is 5.78 Å². The van der Waals surface area contributed by atoms with Gasteiger partial charge >= 0.3 is 0 Å². The Morgan fingerprint density at radius 1 is 1.20 bits per heavy atom. The van der Waals surface area contributed by atoms with Gasteiger partial charge in [-0.15, -0.1) is 0 Å². The number of carbonyl (C=O) groups excluding carboxylic acids is 1. The molecule has 0 N–H and O–H groups in total. The average Bonchev–Trinajstić information content (AvgIpc) is 2.30. The third kappa shape index (κ3) is 1.32. The smallest absolute Gasteiger partial charge is 0.173 e. The Labute approximate surface area is 89.0 Å². The second-order valence-corrected chi connectivity index (χ2v) is 4.28. The molecule has 1 atom stereocenters. The normalized spacial score (nSPS) is 24.1. The molecular weight excluding hydrogens is 186 g/mol. The minimum absolute atomic E-state index is 0.0913. The Balaban J connectivity index is 2.13. The van der Waals surface area contributed by atoms with Gasteiger partial charge in [-0.1, -0.05) is 18.6 Å². The molecular formula is C13H13NO. The number of aliphatic imine (C=N–C) groups is 1. The van der Waals surface area contributed by atoms with Gasteiger partial charge in [0.05, 0.1) is 11.6 Å². The highest BCUT2D eigenvalue weighted by Crippen LogP contribution is 2.34. The Hall–Kier alpha value is -1.44. The lowest BCUT2D eigenvalue weighted by molar-refractivity contribution is 0.0942. The lowest BCUT2D eigenvalue weighted by Gasteiger charge is -2.27. The Morgan fingerprint density at radius 2 is 2.07 bits per heavy atom. The summed E-state index contributed by atoms with van der Waals surface area (Å²) in [5.41, 5.74) is 2.80. The predicted octanol–water partition coefficient (Wildman–Crippen LogP) is 3.15. The molecule has 0 aromatic heterocycles. The topological polar surface area (TPSA) is 29.4 Å². The number of nitrogens with zero attached hydrogens (tertiary/aromatic N) is 1. The first kappa shape index (κ1) is 8.84. The maximum Gasteiger partial charge on any atom is 0.173 e. The lowest BCUT2D eigenvalue weighted by atomic mass is 9.80. The van der Waals surface area contributed by atoms with Crippen molar-refractivity contribution in [1.82, 2.24) is 0 Å². The van der Waals surface area contributed by atoms with Gasteiger partial charge in [-0.25, -0.2) is 0 Å². The summed E-state index contributed by atoms with van der Waals surface area (Å²) in [7, 11) is 0. The molecule has 1 aliphatic heterocycles. The van der Waals surface area contributed by atoms with E-state index in [0.29, 0.717) is 0 Å². The van der Waals surface area contributed by atoms with Crippen LogP contribution in [0.5, 0.6) is 0 Å². The van der Waals surface area contributed by atoms with E-state index in [1.165, 1.54) is 6.42 Å². The van der Waals surface area contributed by atoms with E-state index in [4.69, 9.17) is 0 Å². The standard InChI is InChI=1S/C13H13NO/c15-13-9-5-1-3-7-11(9)14-12-8-4-2-6-10(12)13/h1,3,5,7,10H,2,4,6,8H2. The van der Waals surface area contributed by atoms with Gasteiger partial charge in [-0.05, 0) is 31.4 Å². The van der Waals surface area contributed by atoms with Crippen LogP contribution in [0.15, 0.2) is 29.3 Å². The van der Waals surface area contributed by atoms with Gasteiger partial charge < -0.3 is 0 Å². The van der Waals surface area contributed by atoms with Crippen LogP contribution in [0.1, 0.15) is 36.0 Å². The molecule has 1 fully saturated rings. The molecule has 1 heterocycles. The molecule has 0 spiro atoms. The predicted molar refractivity (Wildman–Crippen MR) is 59.8 cm³/mol. The zero-order valence-corrected chi connectivity index (χ0v) is 8.57. The van der Waals surface area contributed by atoms with Crippen LogP contribution in [0.4, 0.5) is 5.69 Å². The van der Waals surface area contributed by atoms with Crippen molar-refractivity contribution >= 4 is 17.2 Å². The number of hydrogen-bond acceptors (Lipinski definition) is 2. The molecule has 0 radical (unpaired) electrons. The molecule has 1 aromatic carbocycles. The Kier molecular flexibility index (Phi) is 1.94. The summed E-state index contributed by atoms with van der Waals surface area (Å²) in [6, 6.07) is 7.69. The van der Waals surface area contributed by atoms with E-state index in [1.807, 2.05) is 24.3 Å². The maximum atomic E-state index is 12.2. The van der Waals surface area contributed by atoms with Crippen LogP contribution in [0.3, 0.4) is 0 Å². The molecule has 2 aliphatic rings. The van der Waals surface area contributed by atoms with E-state index in [-0.39, 0.29) is 11.7 Å². The van der Waals surface area contributed by atoms with Gasteiger partial charge in [0, 0.05) is 11.3 Å². The minimum Gasteiger partial charge on any atom is -0.293 e. The fourth-order valence-corrected chi connectivity index (χ4v) is 2.53. The number of carbonyl (C=O) groups is 1. The lowest BCUT2D eigenvalue weighted by Crippen LogP contribution is -2.30. The zero-order valence-electron chi connectivity index (χ0n) is 8.57. The summed E-state index contributed by atoms with van der Waals surface area (Å²) < 4.78 is 0. The summed E-state index contributed by atoms with van der Waals surface area (Å²) in [6.07, 6.45) is 4.35. The van der Waals surface area contributed by atoms with E-state index in [2.05, 4.69) is 4.99 Å². The van der Waals surface area contributed by atoms with Crippen LogP contribution in [0, 0.1) is 5.92 Å². The first-order chi connectivity index (χ1) is 7.36. The SMILES string of the molecule is O=C1c2ccccc2N=C2CCCCC12. The van der Waals surface area contributed by atoms with Gasteiger partial charge in [0.1, 0.15) is 0 Å². The summed E-state index contributed by atoms with van der Waals surface area (Å²) in [4.78, 5) is 16.8. The number of hydrogen-bond donors (Lipinski definition) is 0. The minimum atomic E-state index is 0.0913. The van der Waals surface area contributed by atoms with Crippen LogP contribution in [-0.2, 0) is 0 Å². The van der Waals surface area contributed by atoms with Crippen LogP contribution < -0.4 is 0 Å². The number of Topliss-reactive ketones (excluding diaryl/α,β-unsaturated/α-hetero) is 1. The van der Waals surface area contributed by atoms with Crippen LogP contribution in [-0.4, -0.2) is 11.5 Å². The summed E-state index contributed by atoms with van der Waals surface area (Å²) in [5, 5.41) is 0. The third-order valence-corrected chi connectivity index (χ3v) is 3.33. The second-order valence-electron chi connectivity index (χ2n) is 4.28. The quantitative estimate of drug-likeness (QED) is 0.631. The highest BCUT2D eigenvalue weighted by Gasteiger charge is 2.32. The molecule has 0 amide bonds. The molecule has 2 heteroatoms. The molecule has 1 aliphatic carbocycles. The summed E-state index contributed by atoms with van der Waals surface area (Å²) in [5.74, 6) is 0.379. The molecule has 1 unspecified atom stereocenters. The number of para-hydroxylation sites is 1. The zero-order chi connectivity index (χ0) is 10.3. The van der Waals surface area contributed by atoms with E-state index in [9.17, 15) is 4.79 Å². The van der Waals surface area contributed by atoms with Crippen molar-refractivity contribution in [3.8, 4) is 0 Å². The van der Waals surface area contributed by atoms with E-state index in [0.717, 1.165) is 36.2 Å². The maximum absolute atomic E-state index is 12.2. The van der Waals surface area contributed by atoms with Crippen molar-refractivity contribution < 1.29 is 4.79 Å². The number of rotatable bonds is 0. The molecule has 1 aromatic rings.